The lowest BCUT2D eigenvalue weighted by atomic mass is 10.0. The Bertz CT molecular complexity index is 1160. The SMILES string of the molecule is COC(=O)C[C@@H]1C[C@@H](COc2ccc(-c3ccc(C(=N)N)cc3)cc2)N(S(=O)(=O)N(C)C)C1=O. The van der Waals surface area contributed by atoms with Gasteiger partial charge < -0.3 is 15.2 Å². The molecule has 11 heteroatoms. The van der Waals surface area contributed by atoms with Crippen molar-refractivity contribution in [2.75, 3.05) is 27.8 Å². The second-order valence-corrected chi connectivity index (χ2v) is 10.1. The molecule has 2 aromatic carbocycles. The molecule has 1 fully saturated rings. The van der Waals surface area contributed by atoms with E-state index in [2.05, 4.69) is 4.74 Å². The summed E-state index contributed by atoms with van der Waals surface area (Å²) in [5.41, 5.74) is 7.99. The van der Waals surface area contributed by atoms with Gasteiger partial charge in [0.1, 0.15) is 18.2 Å². The standard InChI is InChI=1S/C23H28N4O6S/c1-26(2)34(30,31)27-19(12-18(23(27)29)13-21(28)32-3)14-33-20-10-8-16(9-11-20)15-4-6-17(7-5-15)22(24)25/h4-11,18-19H,12-14H2,1-3H3,(H3,24,25)/t18-,19-/m0/s1. The smallest absolute Gasteiger partial charge is 0.306 e. The van der Waals surface area contributed by atoms with Gasteiger partial charge in [0.25, 0.3) is 0 Å². The number of amidine groups is 1. The van der Waals surface area contributed by atoms with Gasteiger partial charge in [-0.25, -0.2) is 4.31 Å². The highest BCUT2D eigenvalue weighted by molar-refractivity contribution is 7.87. The number of hydrogen-bond acceptors (Lipinski definition) is 7. The molecule has 10 nitrogen and oxygen atoms in total. The molecule has 0 bridgehead atoms. The van der Waals surface area contributed by atoms with E-state index in [0.717, 1.165) is 19.7 Å². The number of nitrogen functional groups attached to an aromatic ring is 1. The van der Waals surface area contributed by atoms with Crippen LogP contribution in [-0.2, 0) is 24.5 Å². The molecular formula is C23H28N4O6S. The zero-order chi connectivity index (χ0) is 25.0. The Hall–Kier alpha value is -3.44. The third kappa shape index (κ3) is 5.37. The second kappa shape index (κ2) is 10.2. The van der Waals surface area contributed by atoms with Crippen molar-refractivity contribution in [2.24, 2.45) is 11.7 Å². The molecule has 0 aliphatic carbocycles. The van der Waals surface area contributed by atoms with Gasteiger partial charge in [-0.1, -0.05) is 36.4 Å². The first-order chi connectivity index (χ1) is 16.0. The van der Waals surface area contributed by atoms with Gasteiger partial charge in [0.05, 0.1) is 25.5 Å². The molecule has 0 radical (unpaired) electrons. The van der Waals surface area contributed by atoms with Crippen LogP contribution in [0.4, 0.5) is 0 Å². The molecule has 1 heterocycles. The molecule has 2 atom stereocenters. The minimum atomic E-state index is -4.05. The fourth-order valence-corrected chi connectivity index (χ4v) is 4.98. The van der Waals surface area contributed by atoms with Crippen molar-refractivity contribution >= 4 is 27.9 Å². The Kier molecular flexibility index (Phi) is 7.57. The zero-order valence-electron chi connectivity index (χ0n) is 19.2. The van der Waals surface area contributed by atoms with Crippen molar-refractivity contribution in [1.82, 2.24) is 8.61 Å². The van der Waals surface area contributed by atoms with Gasteiger partial charge in [0.2, 0.25) is 5.91 Å². The number of nitrogens with zero attached hydrogens (tertiary/aromatic N) is 2. The summed E-state index contributed by atoms with van der Waals surface area (Å²) in [6.07, 6.45) is -0.0377. The van der Waals surface area contributed by atoms with Crippen molar-refractivity contribution in [3.8, 4) is 16.9 Å². The number of nitrogens with one attached hydrogen (secondary N) is 1. The quantitative estimate of drug-likeness (QED) is 0.310. The predicted octanol–water partition coefficient (Wildman–Crippen LogP) is 1.60. The van der Waals surface area contributed by atoms with Crippen molar-refractivity contribution in [2.45, 2.75) is 18.9 Å². The number of nitrogens with two attached hydrogens (primary N) is 1. The van der Waals surface area contributed by atoms with E-state index in [1.807, 2.05) is 24.3 Å². The molecular weight excluding hydrogens is 460 g/mol. The average Bonchev–Trinajstić information content (AvgIpc) is 3.13. The third-order valence-corrected chi connectivity index (χ3v) is 7.53. The number of benzene rings is 2. The van der Waals surface area contributed by atoms with E-state index >= 15 is 0 Å². The predicted molar refractivity (Wildman–Crippen MR) is 126 cm³/mol. The Morgan fingerprint density at radius 3 is 2.18 bits per heavy atom. The molecule has 3 N–H and O–H groups in total. The molecule has 2 aromatic rings. The number of ether oxygens (including phenoxy) is 2. The normalized spacial score (nSPS) is 18.2. The summed E-state index contributed by atoms with van der Waals surface area (Å²) in [7, 11) is -0.140. The number of rotatable bonds is 9. The van der Waals surface area contributed by atoms with Crippen LogP contribution in [0.2, 0.25) is 0 Å². The zero-order valence-corrected chi connectivity index (χ0v) is 20.0. The van der Waals surface area contributed by atoms with E-state index in [0.29, 0.717) is 11.3 Å². The van der Waals surface area contributed by atoms with Crippen LogP contribution in [0, 0.1) is 11.3 Å². The minimum absolute atomic E-state index is 0.000146. The summed E-state index contributed by atoms with van der Waals surface area (Å²) in [5, 5.41) is 7.47. The molecule has 1 saturated heterocycles. The Labute approximate surface area is 198 Å². The van der Waals surface area contributed by atoms with E-state index in [1.54, 1.807) is 24.3 Å². The number of carbonyl (C=O) groups is 2. The average molecular weight is 489 g/mol. The van der Waals surface area contributed by atoms with E-state index in [1.165, 1.54) is 21.2 Å². The maximum absolute atomic E-state index is 12.8. The molecule has 3 rings (SSSR count). The molecule has 1 aliphatic rings. The lowest BCUT2D eigenvalue weighted by molar-refractivity contribution is -0.144. The highest BCUT2D eigenvalue weighted by atomic mass is 32.2. The maximum atomic E-state index is 12.8. The Balaban J connectivity index is 1.73. The summed E-state index contributed by atoms with van der Waals surface area (Å²) in [6, 6.07) is 13.7. The van der Waals surface area contributed by atoms with Gasteiger partial charge in [-0.05, 0) is 29.7 Å². The molecule has 0 aromatic heterocycles. The number of carbonyl (C=O) groups excluding carboxylic acids is 2. The van der Waals surface area contributed by atoms with Crippen LogP contribution in [0.3, 0.4) is 0 Å². The molecule has 0 saturated carbocycles. The van der Waals surface area contributed by atoms with E-state index in [4.69, 9.17) is 15.9 Å². The van der Waals surface area contributed by atoms with Crippen LogP contribution in [0.25, 0.3) is 11.1 Å². The van der Waals surface area contributed by atoms with E-state index in [9.17, 15) is 18.0 Å². The number of esters is 1. The first-order valence-corrected chi connectivity index (χ1v) is 11.9. The number of methoxy groups -OCH3 is 1. The van der Waals surface area contributed by atoms with Crippen LogP contribution < -0.4 is 10.5 Å². The highest BCUT2D eigenvalue weighted by Gasteiger charge is 2.47. The molecule has 0 unspecified atom stereocenters. The van der Waals surface area contributed by atoms with Gasteiger partial charge in [0.15, 0.2) is 0 Å². The molecule has 182 valence electrons. The van der Waals surface area contributed by atoms with Gasteiger partial charge >= 0.3 is 16.2 Å². The molecule has 0 spiro atoms. The minimum Gasteiger partial charge on any atom is -0.491 e. The first kappa shape index (κ1) is 25.2. The third-order valence-electron chi connectivity index (χ3n) is 5.63. The van der Waals surface area contributed by atoms with E-state index < -0.39 is 34.0 Å². The molecule has 1 amide bonds. The fourth-order valence-electron chi connectivity index (χ4n) is 3.73. The van der Waals surface area contributed by atoms with Gasteiger partial charge in [0, 0.05) is 19.7 Å². The Morgan fingerprint density at radius 1 is 1.12 bits per heavy atom. The number of amides is 1. The number of hydrogen-bond donors (Lipinski definition) is 2. The lowest BCUT2D eigenvalue weighted by Crippen LogP contribution is -2.47. The van der Waals surface area contributed by atoms with Crippen LogP contribution in [0.5, 0.6) is 5.75 Å². The summed E-state index contributed by atoms with van der Waals surface area (Å²) in [4.78, 5) is 24.5. The van der Waals surface area contributed by atoms with Crippen LogP contribution in [0.15, 0.2) is 48.5 Å². The molecule has 34 heavy (non-hydrogen) atoms. The summed E-state index contributed by atoms with van der Waals surface area (Å²) >= 11 is 0. The molecule has 1 aliphatic heterocycles. The summed E-state index contributed by atoms with van der Waals surface area (Å²) in [5.74, 6) is -1.50. The van der Waals surface area contributed by atoms with Crippen molar-refractivity contribution in [3.05, 3.63) is 54.1 Å². The van der Waals surface area contributed by atoms with Crippen molar-refractivity contribution in [1.29, 1.82) is 5.41 Å². The maximum Gasteiger partial charge on any atom is 0.306 e. The Morgan fingerprint density at radius 2 is 1.68 bits per heavy atom. The van der Waals surface area contributed by atoms with Crippen molar-refractivity contribution in [3.63, 3.8) is 0 Å². The fraction of sp³-hybridized carbons (Fsp3) is 0.348. The van der Waals surface area contributed by atoms with Gasteiger partial charge in [-0.2, -0.15) is 12.7 Å². The second-order valence-electron chi connectivity index (χ2n) is 8.12. The summed E-state index contributed by atoms with van der Waals surface area (Å²) in [6.45, 7) is -0.0524. The first-order valence-electron chi connectivity index (χ1n) is 10.5. The lowest BCUT2D eigenvalue weighted by Gasteiger charge is -2.27. The van der Waals surface area contributed by atoms with Crippen LogP contribution in [-0.4, -0.2) is 68.6 Å². The van der Waals surface area contributed by atoms with Gasteiger partial charge in [-0.3, -0.25) is 15.0 Å². The monoisotopic (exact) mass is 488 g/mol. The highest BCUT2D eigenvalue weighted by Crippen LogP contribution is 2.32. The van der Waals surface area contributed by atoms with Crippen LogP contribution in [0.1, 0.15) is 18.4 Å². The van der Waals surface area contributed by atoms with Crippen LogP contribution >= 0.6 is 0 Å². The summed E-state index contributed by atoms with van der Waals surface area (Å²) < 4.78 is 37.8. The largest absolute Gasteiger partial charge is 0.491 e. The topological polar surface area (TPSA) is 143 Å². The van der Waals surface area contributed by atoms with Crippen molar-refractivity contribution < 1.29 is 27.5 Å². The van der Waals surface area contributed by atoms with Gasteiger partial charge in [-0.15, -0.1) is 0 Å². The van der Waals surface area contributed by atoms with E-state index in [-0.39, 0.29) is 25.3 Å².